The van der Waals surface area contributed by atoms with E-state index in [0.29, 0.717) is 30.3 Å². The summed E-state index contributed by atoms with van der Waals surface area (Å²) in [6.45, 7) is 4.21. The highest BCUT2D eigenvalue weighted by molar-refractivity contribution is 7.18. The number of anilines is 1. The van der Waals surface area contributed by atoms with Gasteiger partial charge >= 0.3 is 5.97 Å². The fourth-order valence-corrected chi connectivity index (χ4v) is 4.87. The molecule has 0 radical (unpaired) electrons. The Kier molecular flexibility index (Phi) is 6.40. The van der Waals surface area contributed by atoms with Crippen molar-refractivity contribution in [3.63, 3.8) is 0 Å². The normalized spacial score (nSPS) is 17.0. The second kappa shape index (κ2) is 9.36. The van der Waals surface area contributed by atoms with Crippen LogP contribution in [-0.4, -0.2) is 48.0 Å². The molecule has 1 aliphatic rings. The van der Waals surface area contributed by atoms with Gasteiger partial charge in [-0.15, -0.1) is 11.3 Å². The van der Waals surface area contributed by atoms with Crippen LogP contribution >= 0.6 is 11.3 Å². The van der Waals surface area contributed by atoms with Gasteiger partial charge in [-0.1, -0.05) is 12.1 Å². The van der Waals surface area contributed by atoms with Crippen molar-refractivity contribution in [3.05, 3.63) is 59.1 Å². The van der Waals surface area contributed by atoms with Gasteiger partial charge in [0.15, 0.2) is 0 Å². The molecule has 1 amide bonds. The number of nitrogens with one attached hydrogen (secondary N) is 1. The van der Waals surface area contributed by atoms with Crippen LogP contribution in [0.3, 0.4) is 0 Å². The summed E-state index contributed by atoms with van der Waals surface area (Å²) < 4.78 is 6.19. The summed E-state index contributed by atoms with van der Waals surface area (Å²) in [6, 6.07) is 15.0. The first-order valence-corrected chi connectivity index (χ1v) is 11.1. The Labute approximate surface area is 179 Å². The number of likely N-dealkylation sites (tertiary alicyclic amines) is 1. The number of amides is 1. The number of hydrogen-bond donors (Lipinski definition) is 1. The number of para-hydroxylation sites is 1. The van der Waals surface area contributed by atoms with E-state index in [1.54, 1.807) is 42.5 Å². The Morgan fingerprint density at radius 2 is 2.00 bits per heavy atom. The molecule has 156 valence electrons. The summed E-state index contributed by atoms with van der Waals surface area (Å²) in [7, 11) is 0. The van der Waals surface area contributed by atoms with E-state index >= 15 is 0 Å². The molecule has 3 aromatic rings. The van der Waals surface area contributed by atoms with Gasteiger partial charge in [-0.2, -0.15) is 0 Å². The topological polar surface area (TPSA) is 71.5 Å². The summed E-state index contributed by atoms with van der Waals surface area (Å²) in [4.78, 5) is 31.3. The molecule has 1 aliphatic heterocycles. The lowest BCUT2D eigenvalue weighted by atomic mass is 9.99. The number of piperidine rings is 1. The van der Waals surface area contributed by atoms with Crippen molar-refractivity contribution >= 4 is 39.1 Å². The number of fused-ring (bicyclic) bond motifs is 1. The van der Waals surface area contributed by atoms with E-state index in [0.717, 1.165) is 36.5 Å². The summed E-state index contributed by atoms with van der Waals surface area (Å²) in [5.74, 6) is -0.0405. The van der Waals surface area contributed by atoms with Crippen LogP contribution in [0, 0.1) is 0 Å². The van der Waals surface area contributed by atoms with E-state index in [9.17, 15) is 9.59 Å². The molecular formula is C23H25N3O3S. The molecule has 2 heterocycles. The third-order valence-electron chi connectivity index (χ3n) is 5.21. The monoisotopic (exact) mass is 423 g/mol. The summed E-state index contributed by atoms with van der Waals surface area (Å²) >= 11 is 1.76. The highest BCUT2D eigenvalue weighted by Gasteiger charge is 2.25. The van der Waals surface area contributed by atoms with Crippen molar-refractivity contribution in [1.82, 2.24) is 9.88 Å². The van der Waals surface area contributed by atoms with Gasteiger partial charge in [0.2, 0.25) is 5.91 Å². The first kappa shape index (κ1) is 20.5. The largest absolute Gasteiger partial charge is 0.462 e. The second-order valence-corrected chi connectivity index (χ2v) is 8.50. The number of benzene rings is 2. The number of hydrogen-bond acceptors (Lipinski definition) is 6. The maximum atomic E-state index is 12.5. The molecular weight excluding hydrogens is 398 g/mol. The third-order valence-corrected chi connectivity index (χ3v) is 6.41. The Balaban J connectivity index is 1.33. The molecule has 7 heteroatoms. The number of carbonyl (C=O) groups excluding carboxylic acids is 2. The van der Waals surface area contributed by atoms with Crippen molar-refractivity contribution in [1.29, 1.82) is 0 Å². The fraction of sp³-hybridized carbons (Fsp3) is 0.348. The Morgan fingerprint density at radius 3 is 2.77 bits per heavy atom. The van der Waals surface area contributed by atoms with Gasteiger partial charge in [0.25, 0.3) is 0 Å². The number of nitrogens with zero attached hydrogens (tertiary/aromatic N) is 2. The van der Waals surface area contributed by atoms with Crippen LogP contribution in [-0.2, 0) is 9.53 Å². The predicted molar refractivity (Wildman–Crippen MR) is 119 cm³/mol. The molecule has 1 N–H and O–H groups in total. The van der Waals surface area contributed by atoms with Gasteiger partial charge < -0.3 is 10.1 Å². The SMILES string of the molecule is CCOC(=O)c1ccc(NC(=O)CN2CCC[C@H](c3nc4ccccc4s3)C2)cc1. The standard InChI is InChI=1S/C23H25N3O3S/c1-2-29-23(28)16-9-11-18(12-10-16)24-21(27)15-26-13-5-6-17(14-26)22-25-19-7-3-4-8-20(19)30-22/h3-4,7-12,17H,2,5-6,13-15H2,1H3,(H,24,27)/t17-/m0/s1. The maximum Gasteiger partial charge on any atom is 0.338 e. The molecule has 0 saturated carbocycles. The van der Waals surface area contributed by atoms with Crippen LogP contribution in [0.15, 0.2) is 48.5 Å². The lowest BCUT2D eigenvalue weighted by Crippen LogP contribution is -2.39. The van der Waals surface area contributed by atoms with Crippen molar-refractivity contribution in [2.75, 3.05) is 31.6 Å². The van der Waals surface area contributed by atoms with Gasteiger partial charge in [-0.25, -0.2) is 9.78 Å². The van der Waals surface area contributed by atoms with E-state index in [2.05, 4.69) is 22.3 Å². The summed E-state index contributed by atoms with van der Waals surface area (Å²) in [6.07, 6.45) is 2.16. The highest BCUT2D eigenvalue weighted by atomic mass is 32.1. The molecule has 30 heavy (non-hydrogen) atoms. The Bertz CT molecular complexity index is 999. The smallest absolute Gasteiger partial charge is 0.338 e. The van der Waals surface area contributed by atoms with Crippen molar-refractivity contribution in [2.45, 2.75) is 25.7 Å². The van der Waals surface area contributed by atoms with E-state index in [4.69, 9.17) is 9.72 Å². The first-order valence-electron chi connectivity index (χ1n) is 10.3. The summed E-state index contributed by atoms with van der Waals surface area (Å²) in [5, 5.41) is 4.08. The van der Waals surface area contributed by atoms with Crippen LogP contribution in [0.2, 0.25) is 0 Å². The van der Waals surface area contributed by atoms with E-state index in [-0.39, 0.29) is 11.9 Å². The predicted octanol–water partition coefficient (Wildman–Crippen LogP) is 4.29. The molecule has 0 aliphatic carbocycles. The number of esters is 1. The molecule has 0 spiro atoms. The van der Waals surface area contributed by atoms with Gasteiger partial charge in [0.05, 0.1) is 33.9 Å². The van der Waals surface area contributed by atoms with Gasteiger partial charge in [0, 0.05) is 18.2 Å². The molecule has 1 saturated heterocycles. The van der Waals surface area contributed by atoms with Crippen LogP contribution in [0.4, 0.5) is 5.69 Å². The molecule has 1 fully saturated rings. The zero-order valence-corrected chi connectivity index (χ0v) is 17.8. The van der Waals surface area contributed by atoms with E-state index in [1.807, 2.05) is 12.1 Å². The van der Waals surface area contributed by atoms with Gasteiger partial charge in [0.1, 0.15) is 0 Å². The van der Waals surface area contributed by atoms with Crippen LogP contribution < -0.4 is 5.32 Å². The fourth-order valence-electron chi connectivity index (χ4n) is 3.77. The molecule has 0 bridgehead atoms. The number of ether oxygens (including phenoxy) is 1. The Hall–Kier alpha value is -2.77. The lowest BCUT2D eigenvalue weighted by Gasteiger charge is -2.31. The molecule has 2 aromatic carbocycles. The van der Waals surface area contributed by atoms with E-state index in [1.165, 1.54) is 4.70 Å². The third kappa shape index (κ3) is 4.86. The number of rotatable bonds is 6. The minimum absolute atomic E-state index is 0.0520. The zero-order valence-electron chi connectivity index (χ0n) is 17.0. The second-order valence-electron chi connectivity index (χ2n) is 7.44. The number of carbonyl (C=O) groups is 2. The van der Waals surface area contributed by atoms with Crippen LogP contribution in [0.5, 0.6) is 0 Å². The number of thiazole rings is 1. The average molecular weight is 424 g/mol. The summed E-state index contributed by atoms with van der Waals surface area (Å²) in [5.41, 5.74) is 2.20. The first-order chi connectivity index (χ1) is 14.6. The molecule has 4 rings (SSSR count). The van der Waals surface area contributed by atoms with Crippen molar-refractivity contribution in [3.8, 4) is 0 Å². The van der Waals surface area contributed by atoms with Gasteiger partial charge in [-0.3, -0.25) is 9.69 Å². The van der Waals surface area contributed by atoms with E-state index < -0.39 is 0 Å². The zero-order chi connectivity index (χ0) is 20.9. The molecule has 6 nitrogen and oxygen atoms in total. The van der Waals surface area contributed by atoms with Crippen LogP contribution in [0.1, 0.15) is 41.0 Å². The molecule has 1 atom stereocenters. The van der Waals surface area contributed by atoms with Crippen molar-refractivity contribution < 1.29 is 14.3 Å². The van der Waals surface area contributed by atoms with Crippen molar-refractivity contribution in [2.24, 2.45) is 0 Å². The minimum atomic E-state index is -0.357. The Morgan fingerprint density at radius 1 is 1.20 bits per heavy atom. The quantitative estimate of drug-likeness (QED) is 0.599. The lowest BCUT2D eigenvalue weighted by molar-refractivity contribution is -0.117. The average Bonchev–Trinajstić information content (AvgIpc) is 3.19. The molecule has 1 aromatic heterocycles. The maximum absolute atomic E-state index is 12.5. The highest BCUT2D eigenvalue weighted by Crippen LogP contribution is 2.32. The number of aromatic nitrogens is 1. The minimum Gasteiger partial charge on any atom is -0.462 e. The van der Waals surface area contributed by atoms with Gasteiger partial charge in [-0.05, 0) is 62.7 Å². The van der Waals surface area contributed by atoms with Crippen LogP contribution in [0.25, 0.3) is 10.2 Å². The molecule has 0 unspecified atom stereocenters.